The van der Waals surface area contributed by atoms with Gasteiger partial charge in [0.1, 0.15) is 6.04 Å². The molecular weight excluding hydrogens is 264 g/mol. The van der Waals surface area contributed by atoms with E-state index >= 15 is 0 Å². The molecule has 2 atom stereocenters. The van der Waals surface area contributed by atoms with E-state index in [4.69, 9.17) is 0 Å². The van der Waals surface area contributed by atoms with Gasteiger partial charge in [-0.15, -0.1) is 0 Å². The largest absolute Gasteiger partial charge is 0.480 e. The summed E-state index contributed by atoms with van der Waals surface area (Å²) in [6.07, 6.45) is 1.14. The van der Waals surface area contributed by atoms with E-state index in [0.29, 0.717) is 6.04 Å². The molecule has 1 aliphatic rings. The van der Waals surface area contributed by atoms with Gasteiger partial charge in [0.15, 0.2) is 0 Å². The van der Waals surface area contributed by atoms with Crippen molar-refractivity contribution in [3.8, 4) is 0 Å². The number of piperazine rings is 1. The van der Waals surface area contributed by atoms with Crippen molar-refractivity contribution in [2.24, 2.45) is 0 Å². The Hall–Kier alpha value is -1.39. The molecule has 1 aromatic rings. The van der Waals surface area contributed by atoms with Crippen molar-refractivity contribution in [2.75, 3.05) is 26.2 Å². The lowest BCUT2D eigenvalue weighted by molar-refractivity contribution is -0.144. The van der Waals surface area contributed by atoms with Crippen LogP contribution in [-0.4, -0.2) is 53.1 Å². The molecule has 0 radical (unpaired) electrons. The zero-order valence-corrected chi connectivity index (χ0v) is 13.2. The molecule has 1 fully saturated rings. The van der Waals surface area contributed by atoms with Crippen LogP contribution in [0.5, 0.6) is 0 Å². The van der Waals surface area contributed by atoms with Crippen LogP contribution in [0.2, 0.25) is 0 Å². The minimum absolute atomic E-state index is 0.408. The fourth-order valence-electron chi connectivity index (χ4n) is 3.14. The summed E-state index contributed by atoms with van der Waals surface area (Å²) in [5, 5.41) is 9.65. The van der Waals surface area contributed by atoms with Crippen LogP contribution in [0, 0.1) is 6.92 Å². The molecule has 21 heavy (non-hydrogen) atoms. The van der Waals surface area contributed by atoms with Gasteiger partial charge in [0.25, 0.3) is 0 Å². The Morgan fingerprint density at radius 3 is 2.52 bits per heavy atom. The number of benzene rings is 1. The lowest BCUT2D eigenvalue weighted by Crippen LogP contribution is -2.53. The first-order valence-electron chi connectivity index (χ1n) is 7.80. The Kier molecular flexibility index (Phi) is 5.37. The van der Waals surface area contributed by atoms with Gasteiger partial charge in [-0.1, -0.05) is 36.8 Å². The predicted octanol–water partition coefficient (Wildman–Crippen LogP) is 2.54. The lowest BCUT2D eigenvalue weighted by Gasteiger charge is -2.42. The van der Waals surface area contributed by atoms with Crippen LogP contribution in [-0.2, 0) is 4.79 Å². The quantitative estimate of drug-likeness (QED) is 0.905. The van der Waals surface area contributed by atoms with E-state index in [1.54, 1.807) is 0 Å². The van der Waals surface area contributed by atoms with Gasteiger partial charge >= 0.3 is 5.97 Å². The summed E-state index contributed by atoms with van der Waals surface area (Å²) in [6, 6.07) is 7.74. The van der Waals surface area contributed by atoms with Crippen molar-refractivity contribution in [2.45, 2.75) is 39.3 Å². The highest BCUT2D eigenvalue weighted by molar-refractivity contribution is 5.75. The second-order valence-corrected chi connectivity index (χ2v) is 6.03. The summed E-state index contributed by atoms with van der Waals surface area (Å²) in [5.41, 5.74) is 2.04. The molecule has 1 heterocycles. The van der Waals surface area contributed by atoms with Crippen LogP contribution in [0.25, 0.3) is 0 Å². The Balaban J connectivity index is 2.13. The first-order chi connectivity index (χ1) is 10.0. The number of rotatable bonds is 5. The molecule has 1 saturated heterocycles. The molecule has 0 aliphatic carbocycles. The second kappa shape index (κ2) is 7.05. The fraction of sp³-hybridized carbons (Fsp3) is 0.588. The summed E-state index contributed by atoms with van der Waals surface area (Å²) >= 11 is 0. The average molecular weight is 290 g/mol. The highest BCUT2D eigenvalue weighted by Crippen LogP contribution is 2.25. The molecule has 0 aromatic heterocycles. The Morgan fingerprint density at radius 1 is 1.33 bits per heavy atom. The highest BCUT2D eigenvalue weighted by atomic mass is 16.4. The minimum atomic E-state index is -0.755. The first kappa shape index (κ1) is 16.0. The van der Waals surface area contributed by atoms with E-state index in [1.165, 1.54) is 0 Å². The van der Waals surface area contributed by atoms with Crippen LogP contribution in [0.3, 0.4) is 0 Å². The van der Waals surface area contributed by atoms with Gasteiger partial charge in [-0.25, -0.2) is 0 Å². The molecule has 4 nitrogen and oxygen atoms in total. The summed E-state index contributed by atoms with van der Waals surface area (Å²) in [4.78, 5) is 16.3. The third kappa shape index (κ3) is 3.83. The molecule has 2 rings (SSSR count). The molecule has 1 aromatic carbocycles. The van der Waals surface area contributed by atoms with E-state index in [-0.39, 0.29) is 0 Å². The number of aryl methyl sites for hydroxylation is 1. The van der Waals surface area contributed by atoms with Crippen molar-refractivity contribution < 1.29 is 9.90 Å². The van der Waals surface area contributed by atoms with Crippen molar-refractivity contribution in [3.63, 3.8) is 0 Å². The summed E-state index contributed by atoms with van der Waals surface area (Å²) < 4.78 is 0. The molecule has 0 spiro atoms. The average Bonchev–Trinajstić information content (AvgIpc) is 2.44. The number of nitrogens with zero attached hydrogens (tertiary/aromatic N) is 2. The maximum absolute atomic E-state index is 11.7. The Bertz CT molecular complexity index is 472. The monoisotopic (exact) mass is 290 g/mol. The fourth-order valence-corrected chi connectivity index (χ4v) is 3.14. The topological polar surface area (TPSA) is 43.8 Å². The zero-order chi connectivity index (χ0) is 15.4. The summed E-state index contributed by atoms with van der Waals surface area (Å²) in [6.45, 7) is 10.1. The van der Waals surface area contributed by atoms with Crippen LogP contribution in [0.15, 0.2) is 24.3 Å². The molecule has 2 unspecified atom stereocenters. The Morgan fingerprint density at radius 2 is 2.00 bits per heavy atom. The van der Waals surface area contributed by atoms with Crippen molar-refractivity contribution in [1.82, 2.24) is 9.80 Å². The molecule has 0 saturated carbocycles. The highest BCUT2D eigenvalue weighted by Gasteiger charge is 2.32. The first-order valence-corrected chi connectivity index (χ1v) is 7.80. The van der Waals surface area contributed by atoms with E-state index in [1.807, 2.05) is 31.2 Å². The van der Waals surface area contributed by atoms with Gasteiger partial charge in [-0.05, 0) is 32.4 Å². The molecule has 1 N–H and O–H groups in total. The molecule has 0 bridgehead atoms. The SMILES string of the molecule is CCCN1CCN(C(C(=O)O)c2ccc(C)cc2)CC1C. The molecular formula is C17H26N2O2. The van der Waals surface area contributed by atoms with E-state index < -0.39 is 12.0 Å². The second-order valence-electron chi connectivity index (χ2n) is 6.03. The Labute approximate surface area is 127 Å². The number of hydrogen-bond acceptors (Lipinski definition) is 3. The van der Waals surface area contributed by atoms with Gasteiger partial charge < -0.3 is 5.11 Å². The van der Waals surface area contributed by atoms with Gasteiger partial charge in [0, 0.05) is 25.7 Å². The number of carboxylic acids is 1. The van der Waals surface area contributed by atoms with E-state index in [0.717, 1.165) is 43.7 Å². The van der Waals surface area contributed by atoms with Gasteiger partial charge in [-0.2, -0.15) is 0 Å². The summed E-state index contributed by atoms with van der Waals surface area (Å²) in [5.74, 6) is -0.755. The smallest absolute Gasteiger partial charge is 0.325 e. The maximum Gasteiger partial charge on any atom is 0.325 e. The molecule has 4 heteroatoms. The number of carboxylic acid groups (broad SMARTS) is 1. The summed E-state index contributed by atoms with van der Waals surface area (Å²) in [7, 11) is 0. The lowest BCUT2D eigenvalue weighted by atomic mass is 10.0. The standard InChI is InChI=1S/C17H26N2O2/c1-4-9-18-10-11-19(12-14(18)3)16(17(20)21)15-7-5-13(2)6-8-15/h5-8,14,16H,4,9-12H2,1-3H3,(H,20,21). The predicted molar refractivity (Wildman–Crippen MR) is 84.5 cm³/mol. The van der Waals surface area contributed by atoms with E-state index in [2.05, 4.69) is 23.6 Å². The maximum atomic E-state index is 11.7. The van der Waals surface area contributed by atoms with Crippen molar-refractivity contribution in [1.29, 1.82) is 0 Å². The third-order valence-electron chi connectivity index (χ3n) is 4.30. The zero-order valence-electron chi connectivity index (χ0n) is 13.2. The van der Waals surface area contributed by atoms with Crippen LogP contribution in [0.4, 0.5) is 0 Å². The van der Waals surface area contributed by atoms with Crippen molar-refractivity contribution in [3.05, 3.63) is 35.4 Å². The number of aliphatic carboxylic acids is 1. The number of carbonyl (C=O) groups is 1. The molecule has 116 valence electrons. The van der Waals surface area contributed by atoms with Crippen LogP contribution >= 0.6 is 0 Å². The minimum Gasteiger partial charge on any atom is -0.480 e. The molecule has 1 aliphatic heterocycles. The van der Waals surface area contributed by atoms with Crippen molar-refractivity contribution >= 4 is 5.97 Å². The van der Waals surface area contributed by atoms with E-state index in [9.17, 15) is 9.90 Å². The number of hydrogen-bond donors (Lipinski definition) is 1. The molecule has 0 amide bonds. The normalized spacial score (nSPS) is 22.1. The van der Waals surface area contributed by atoms with Gasteiger partial charge in [0.05, 0.1) is 0 Å². The van der Waals surface area contributed by atoms with Gasteiger partial charge in [-0.3, -0.25) is 14.6 Å². The third-order valence-corrected chi connectivity index (χ3v) is 4.30. The van der Waals surface area contributed by atoms with Crippen LogP contribution in [0.1, 0.15) is 37.4 Å². The van der Waals surface area contributed by atoms with Crippen LogP contribution < -0.4 is 0 Å². The van der Waals surface area contributed by atoms with Gasteiger partial charge in [0.2, 0.25) is 0 Å².